The summed E-state index contributed by atoms with van der Waals surface area (Å²) >= 11 is 12.3. The number of halogens is 2. The Balaban J connectivity index is 1.38. The summed E-state index contributed by atoms with van der Waals surface area (Å²) in [6.07, 6.45) is 1.99. The number of anilines is 2. The van der Waals surface area contributed by atoms with Gasteiger partial charge in [0.15, 0.2) is 0 Å². The molecule has 0 aliphatic carbocycles. The van der Waals surface area contributed by atoms with Gasteiger partial charge < -0.3 is 15.3 Å². The van der Waals surface area contributed by atoms with E-state index < -0.39 is 6.03 Å². The van der Waals surface area contributed by atoms with Crippen molar-refractivity contribution in [1.82, 2.24) is 14.7 Å². The van der Waals surface area contributed by atoms with Gasteiger partial charge in [-0.1, -0.05) is 71.7 Å². The molecule has 0 saturated carbocycles. The first kappa shape index (κ1) is 26.7. The number of nitrogens with one attached hydrogen (secondary N) is 2. The molecule has 0 radical (unpaired) electrons. The standard InChI is InChI=1S/C29H27Cl2N5O3/c30-23-9-4-10-24(28(23)31)32-29(39)33-26-17-25(20-6-2-1-3-7-20)34-36(26)21-13-11-19(12-14-21)16-27(38)35-15-5-8-22(35)18-37/h1-4,6-7,9-14,17,22,37H,5,8,15-16,18H2,(H2,32,33,39). The van der Waals surface area contributed by atoms with E-state index in [0.717, 1.165) is 24.0 Å². The molecule has 1 fully saturated rings. The monoisotopic (exact) mass is 563 g/mol. The molecule has 1 saturated heterocycles. The van der Waals surface area contributed by atoms with Crippen LogP contribution in [0.5, 0.6) is 0 Å². The molecule has 1 aliphatic heterocycles. The number of rotatable bonds is 7. The Morgan fingerprint density at radius 1 is 0.974 bits per heavy atom. The van der Waals surface area contributed by atoms with Crippen LogP contribution in [0.25, 0.3) is 16.9 Å². The van der Waals surface area contributed by atoms with E-state index in [4.69, 9.17) is 28.3 Å². The Hall–Kier alpha value is -3.85. The smallest absolute Gasteiger partial charge is 0.324 e. The second kappa shape index (κ2) is 11.9. The number of benzene rings is 3. The van der Waals surface area contributed by atoms with Gasteiger partial charge in [-0.05, 0) is 42.7 Å². The van der Waals surface area contributed by atoms with E-state index in [1.165, 1.54) is 0 Å². The van der Waals surface area contributed by atoms with E-state index in [1.54, 1.807) is 33.8 Å². The van der Waals surface area contributed by atoms with Gasteiger partial charge in [-0.2, -0.15) is 5.10 Å². The van der Waals surface area contributed by atoms with Crippen molar-refractivity contribution in [2.75, 3.05) is 23.8 Å². The number of urea groups is 1. The molecule has 3 aromatic carbocycles. The quantitative estimate of drug-likeness (QED) is 0.256. The van der Waals surface area contributed by atoms with Gasteiger partial charge in [-0.25, -0.2) is 9.48 Å². The molecule has 200 valence electrons. The lowest BCUT2D eigenvalue weighted by atomic mass is 10.1. The maximum atomic E-state index is 12.9. The number of hydrogen-bond donors (Lipinski definition) is 3. The van der Waals surface area contributed by atoms with Crippen LogP contribution < -0.4 is 10.6 Å². The van der Waals surface area contributed by atoms with Gasteiger partial charge >= 0.3 is 6.03 Å². The maximum absolute atomic E-state index is 12.9. The summed E-state index contributed by atoms with van der Waals surface area (Å²) in [6, 6.07) is 23.3. The Morgan fingerprint density at radius 2 is 1.74 bits per heavy atom. The van der Waals surface area contributed by atoms with E-state index in [-0.39, 0.29) is 30.0 Å². The van der Waals surface area contributed by atoms with Crippen molar-refractivity contribution >= 4 is 46.6 Å². The summed E-state index contributed by atoms with van der Waals surface area (Å²) in [5, 5.41) is 20.4. The van der Waals surface area contributed by atoms with Gasteiger partial charge in [0, 0.05) is 18.2 Å². The van der Waals surface area contributed by atoms with Crippen LogP contribution in [-0.2, 0) is 11.2 Å². The Bertz CT molecular complexity index is 1470. The van der Waals surface area contributed by atoms with E-state index in [2.05, 4.69) is 10.6 Å². The van der Waals surface area contributed by atoms with Gasteiger partial charge in [-0.15, -0.1) is 0 Å². The number of likely N-dealkylation sites (tertiary alicyclic amines) is 1. The van der Waals surface area contributed by atoms with E-state index in [0.29, 0.717) is 34.5 Å². The fourth-order valence-corrected chi connectivity index (χ4v) is 5.02. The van der Waals surface area contributed by atoms with Crippen LogP contribution in [0.15, 0.2) is 78.9 Å². The molecule has 1 unspecified atom stereocenters. The van der Waals surface area contributed by atoms with Crippen molar-refractivity contribution in [3.8, 4) is 16.9 Å². The molecule has 2 heterocycles. The van der Waals surface area contributed by atoms with Crippen molar-refractivity contribution in [3.63, 3.8) is 0 Å². The molecule has 39 heavy (non-hydrogen) atoms. The molecule has 1 atom stereocenters. The second-order valence-corrected chi connectivity index (χ2v) is 10.1. The van der Waals surface area contributed by atoms with Crippen LogP contribution in [-0.4, -0.2) is 50.9 Å². The summed E-state index contributed by atoms with van der Waals surface area (Å²) in [5.41, 5.74) is 3.51. The molecule has 1 aliphatic rings. The molecule has 1 aromatic heterocycles. The van der Waals surface area contributed by atoms with Crippen molar-refractivity contribution in [2.45, 2.75) is 25.3 Å². The highest BCUT2D eigenvalue weighted by Gasteiger charge is 2.27. The first-order valence-electron chi connectivity index (χ1n) is 12.6. The number of aromatic nitrogens is 2. The van der Waals surface area contributed by atoms with Crippen molar-refractivity contribution in [2.24, 2.45) is 0 Å². The molecule has 5 rings (SSSR count). The topological polar surface area (TPSA) is 99.5 Å². The average Bonchev–Trinajstić information content (AvgIpc) is 3.60. The lowest BCUT2D eigenvalue weighted by Crippen LogP contribution is -2.38. The van der Waals surface area contributed by atoms with E-state index >= 15 is 0 Å². The van der Waals surface area contributed by atoms with Crippen molar-refractivity contribution in [1.29, 1.82) is 0 Å². The zero-order valence-electron chi connectivity index (χ0n) is 21.0. The number of carbonyl (C=O) groups excluding carboxylic acids is 2. The molecule has 3 amide bonds. The number of carbonyl (C=O) groups is 2. The summed E-state index contributed by atoms with van der Waals surface area (Å²) in [5.74, 6) is 0.444. The fraction of sp³-hybridized carbons (Fsp3) is 0.207. The molecule has 3 N–H and O–H groups in total. The zero-order valence-corrected chi connectivity index (χ0v) is 22.5. The summed E-state index contributed by atoms with van der Waals surface area (Å²) < 4.78 is 1.63. The Morgan fingerprint density at radius 3 is 2.49 bits per heavy atom. The third-order valence-corrected chi connectivity index (χ3v) is 7.48. The highest BCUT2D eigenvalue weighted by atomic mass is 35.5. The molecule has 8 nitrogen and oxygen atoms in total. The second-order valence-electron chi connectivity index (χ2n) is 9.28. The Kier molecular flexibility index (Phi) is 8.16. The van der Waals surface area contributed by atoms with Gasteiger partial charge in [-0.3, -0.25) is 10.1 Å². The first-order chi connectivity index (χ1) is 18.9. The van der Waals surface area contributed by atoms with Crippen LogP contribution in [0, 0.1) is 0 Å². The number of hydrogen-bond acceptors (Lipinski definition) is 4. The third kappa shape index (κ3) is 6.09. The van der Waals surface area contributed by atoms with Gasteiger partial charge in [0.2, 0.25) is 5.91 Å². The summed E-state index contributed by atoms with van der Waals surface area (Å²) in [4.78, 5) is 27.5. The average molecular weight is 564 g/mol. The molecule has 10 heteroatoms. The summed E-state index contributed by atoms with van der Waals surface area (Å²) in [6.45, 7) is 0.662. The minimum absolute atomic E-state index is 0.00320. The highest BCUT2D eigenvalue weighted by molar-refractivity contribution is 6.44. The highest BCUT2D eigenvalue weighted by Crippen LogP contribution is 2.30. The van der Waals surface area contributed by atoms with Gasteiger partial charge in [0.25, 0.3) is 0 Å². The predicted octanol–water partition coefficient (Wildman–Crippen LogP) is 6.02. The van der Waals surface area contributed by atoms with Crippen LogP contribution in [0.4, 0.5) is 16.3 Å². The van der Waals surface area contributed by atoms with Gasteiger partial charge in [0.1, 0.15) is 5.82 Å². The maximum Gasteiger partial charge on any atom is 0.324 e. The third-order valence-electron chi connectivity index (χ3n) is 6.66. The van der Waals surface area contributed by atoms with E-state index in [9.17, 15) is 14.7 Å². The molecule has 4 aromatic rings. The lowest BCUT2D eigenvalue weighted by molar-refractivity contribution is -0.132. The summed E-state index contributed by atoms with van der Waals surface area (Å²) in [7, 11) is 0. The minimum Gasteiger partial charge on any atom is -0.394 e. The van der Waals surface area contributed by atoms with Crippen molar-refractivity contribution < 1.29 is 14.7 Å². The molecule has 0 spiro atoms. The predicted molar refractivity (Wildman–Crippen MR) is 154 cm³/mol. The SMILES string of the molecule is O=C(Nc1cccc(Cl)c1Cl)Nc1cc(-c2ccccc2)nn1-c1ccc(CC(=O)N2CCCC2CO)cc1. The number of aliphatic hydroxyl groups is 1. The largest absolute Gasteiger partial charge is 0.394 e. The first-order valence-corrected chi connectivity index (χ1v) is 13.4. The van der Waals surface area contributed by atoms with E-state index in [1.807, 2.05) is 54.6 Å². The zero-order chi connectivity index (χ0) is 27.4. The van der Waals surface area contributed by atoms with Crippen LogP contribution in [0.1, 0.15) is 18.4 Å². The van der Waals surface area contributed by atoms with Crippen LogP contribution in [0.2, 0.25) is 10.0 Å². The van der Waals surface area contributed by atoms with Crippen molar-refractivity contribution in [3.05, 3.63) is 94.5 Å². The van der Waals surface area contributed by atoms with Crippen LogP contribution in [0.3, 0.4) is 0 Å². The fourth-order valence-electron chi connectivity index (χ4n) is 4.67. The number of amides is 3. The van der Waals surface area contributed by atoms with Gasteiger partial charge in [0.05, 0.1) is 46.2 Å². The number of nitrogens with zero attached hydrogens (tertiary/aromatic N) is 3. The molecule has 0 bridgehead atoms. The molecular weight excluding hydrogens is 537 g/mol. The lowest BCUT2D eigenvalue weighted by Gasteiger charge is -2.23. The van der Waals surface area contributed by atoms with Crippen LogP contribution >= 0.6 is 23.2 Å². The minimum atomic E-state index is -0.508. The Labute approximate surface area is 236 Å². The normalized spacial score (nSPS) is 14.8. The molecular formula is C29H27Cl2N5O3. The number of aliphatic hydroxyl groups excluding tert-OH is 1.